The van der Waals surface area contributed by atoms with Crippen LogP contribution in [0.5, 0.6) is 0 Å². The molecule has 4 heteroatoms. The molecule has 0 radical (unpaired) electrons. The normalized spacial score (nSPS) is 10.3. The molecule has 0 aliphatic heterocycles. The van der Waals surface area contributed by atoms with Gasteiger partial charge >= 0.3 is 0 Å². The van der Waals surface area contributed by atoms with E-state index in [9.17, 15) is 4.79 Å². The molecule has 0 spiro atoms. The molecule has 0 saturated heterocycles. The number of aliphatic hydroxyl groups is 1. The lowest BCUT2D eigenvalue weighted by Gasteiger charge is -2.05. The molecule has 1 aromatic carbocycles. The van der Waals surface area contributed by atoms with Gasteiger partial charge in [0.2, 0.25) is 5.91 Å². The van der Waals surface area contributed by atoms with Gasteiger partial charge in [0.05, 0.1) is 6.42 Å². The Morgan fingerprint density at radius 2 is 2.00 bits per heavy atom. The second-order valence-corrected chi connectivity index (χ2v) is 5.43. The zero-order valence-electron chi connectivity index (χ0n) is 10.8. The summed E-state index contributed by atoms with van der Waals surface area (Å²) in [6, 6.07) is 8.02. The molecule has 0 fully saturated rings. The molecule has 1 amide bonds. The maximum absolute atomic E-state index is 11.6. The van der Waals surface area contributed by atoms with Gasteiger partial charge in [-0.05, 0) is 24.7 Å². The van der Waals surface area contributed by atoms with Crippen molar-refractivity contribution in [1.82, 2.24) is 5.32 Å². The van der Waals surface area contributed by atoms with Gasteiger partial charge in [-0.2, -0.15) is 11.8 Å². The van der Waals surface area contributed by atoms with Crippen LogP contribution in [0.3, 0.4) is 0 Å². The minimum atomic E-state index is 0.0709. The fourth-order valence-corrected chi connectivity index (χ4v) is 2.27. The SMILES string of the molecule is Cc1ccc(CC(=O)NCCSCCCO)cc1. The first-order chi connectivity index (χ1) is 8.72. The molecule has 0 heterocycles. The minimum absolute atomic E-state index is 0.0709. The van der Waals surface area contributed by atoms with Gasteiger partial charge in [0, 0.05) is 18.9 Å². The van der Waals surface area contributed by atoms with E-state index < -0.39 is 0 Å². The van der Waals surface area contributed by atoms with Gasteiger partial charge in [-0.1, -0.05) is 29.8 Å². The number of aliphatic hydroxyl groups excluding tert-OH is 1. The Labute approximate surface area is 113 Å². The third-order valence-electron chi connectivity index (χ3n) is 2.50. The molecular weight excluding hydrogens is 246 g/mol. The molecule has 0 bridgehead atoms. The monoisotopic (exact) mass is 267 g/mol. The Kier molecular flexibility index (Phi) is 7.53. The van der Waals surface area contributed by atoms with E-state index in [4.69, 9.17) is 5.11 Å². The Balaban J connectivity index is 2.12. The van der Waals surface area contributed by atoms with Crippen LogP contribution < -0.4 is 5.32 Å². The van der Waals surface area contributed by atoms with Crippen molar-refractivity contribution in [3.63, 3.8) is 0 Å². The Morgan fingerprint density at radius 3 is 2.67 bits per heavy atom. The van der Waals surface area contributed by atoms with E-state index in [0.29, 0.717) is 13.0 Å². The molecule has 1 rings (SSSR count). The summed E-state index contributed by atoms with van der Waals surface area (Å²) < 4.78 is 0. The zero-order chi connectivity index (χ0) is 13.2. The molecule has 1 aromatic rings. The fourth-order valence-electron chi connectivity index (χ4n) is 1.49. The maximum atomic E-state index is 11.6. The summed E-state index contributed by atoms with van der Waals surface area (Å²) in [5.74, 6) is 1.92. The van der Waals surface area contributed by atoms with Crippen molar-refractivity contribution >= 4 is 17.7 Å². The average molecular weight is 267 g/mol. The Morgan fingerprint density at radius 1 is 1.28 bits per heavy atom. The fraction of sp³-hybridized carbons (Fsp3) is 0.500. The number of carbonyl (C=O) groups excluding carboxylic acids is 1. The summed E-state index contributed by atoms with van der Waals surface area (Å²) in [7, 11) is 0. The van der Waals surface area contributed by atoms with E-state index in [0.717, 1.165) is 23.5 Å². The van der Waals surface area contributed by atoms with Crippen molar-refractivity contribution in [3.05, 3.63) is 35.4 Å². The molecule has 0 aromatic heterocycles. The molecule has 18 heavy (non-hydrogen) atoms. The van der Waals surface area contributed by atoms with Crippen LogP contribution in [0, 0.1) is 6.92 Å². The highest BCUT2D eigenvalue weighted by molar-refractivity contribution is 7.99. The number of thioether (sulfide) groups is 1. The zero-order valence-corrected chi connectivity index (χ0v) is 11.6. The number of hydrogen-bond acceptors (Lipinski definition) is 3. The van der Waals surface area contributed by atoms with Crippen molar-refractivity contribution in [2.75, 3.05) is 24.7 Å². The van der Waals surface area contributed by atoms with Crippen LogP contribution in [-0.4, -0.2) is 35.7 Å². The van der Waals surface area contributed by atoms with Crippen LogP contribution in [0.1, 0.15) is 17.5 Å². The maximum Gasteiger partial charge on any atom is 0.224 e. The number of hydrogen-bond donors (Lipinski definition) is 2. The molecule has 0 atom stereocenters. The van der Waals surface area contributed by atoms with Crippen molar-refractivity contribution in [2.45, 2.75) is 19.8 Å². The van der Waals surface area contributed by atoms with E-state index in [-0.39, 0.29) is 12.5 Å². The molecule has 0 saturated carbocycles. The number of nitrogens with one attached hydrogen (secondary N) is 1. The molecule has 3 nitrogen and oxygen atoms in total. The van der Waals surface area contributed by atoms with Crippen LogP contribution in [0.4, 0.5) is 0 Å². The number of benzene rings is 1. The van der Waals surface area contributed by atoms with Gasteiger partial charge in [0.1, 0.15) is 0 Å². The molecule has 0 aliphatic rings. The Bertz CT molecular complexity index is 351. The summed E-state index contributed by atoms with van der Waals surface area (Å²) in [6.45, 7) is 2.97. The van der Waals surface area contributed by atoms with Gasteiger partial charge in [-0.25, -0.2) is 0 Å². The molecule has 100 valence electrons. The second-order valence-electron chi connectivity index (χ2n) is 4.20. The third kappa shape index (κ3) is 6.67. The Hall–Kier alpha value is -1.00. The summed E-state index contributed by atoms with van der Waals surface area (Å²) in [6.07, 6.45) is 1.27. The van der Waals surface area contributed by atoms with Gasteiger partial charge in [0.15, 0.2) is 0 Å². The lowest BCUT2D eigenvalue weighted by Crippen LogP contribution is -2.27. The van der Waals surface area contributed by atoms with Crippen LogP contribution in [0.15, 0.2) is 24.3 Å². The van der Waals surface area contributed by atoms with E-state index >= 15 is 0 Å². The predicted octanol–water partition coefficient (Wildman–Crippen LogP) is 1.77. The number of aryl methyl sites for hydroxylation is 1. The molecule has 2 N–H and O–H groups in total. The number of amides is 1. The van der Waals surface area contributed by atoms with Crippen LogP contribution >= 0.6 is 11.8 Å². The van der Waals surface area contributed by atoms with Crippen LogP contribution in [0.2, 0.25) is 0 Å². The average Bonchev–Trinajstić information content (AvgIpc) is 2.36. The van der Waals surface area contributed by atoms with Gasteiger partial charge in [-0.3, -0.25) is 4.79 Å². The predicted molar refractivity (Wildman–Crippen MR) is 76.9 cm³/mol. The summed E-state index contributed by atoms with van der Waals surface area (Å²) in [5.41, 5.74) is 2.26. The smallest absolute Gasteiger partial charge is 0.224 e. The molecule has 0 unspecified atom stereocenters. The first kappa shape index (κ1) is 15.1. The largest absolute Gasteiger partial charge is 0.396 e. The number of rotatable bonds is 8. The topological polar surface area (TPSA) is 49.3 Å². The van der Waals surface area contributed by atoms with E-state index in [1.165, 1.54) is 5.56 Å². The highest BCUT2D eigenvalue weighted by Crippen LogP contribution is 2.04. The van der Waals surface area contributed by atoms with Crippen LogP contribution in [-0.2, 0) is 11.2 Å². The van der Waals surface area contributed by atoms with Crippen molar-refractivity contribution in [2.24, 2.45) is 0 Å². The highest BCUT2D eigenvalue weighted by Gasteiger charge is 2.02. The minimum Gasteiger partial charge on any atom is -0.396 e. The van der Waals surface area contributed by atoms with Gasteiger partial charge in [0.25, 0.3) is 0 Å². The lowest BCUT2D eigenvalue weighted by molar-refractivity contribution is -0.120. The molecule has 0 aliphatic carbocycles. The first-order valence-electron chi connectivity index (χ1n) is 6.23. The van der Waals surface area contributed by atoms with Gasteiger partial charge < -0.3 is 10.4 Å². The number of carbonyl (C=O) groups is 1. The van der Waals surface area contributed by atoms with Gasteiger partial charge in [-0.15, -0.1) is 0 Å². The third-order valence-corrected chi connectivity index (χ3v) is 3.57. The van der Waals surface area contributed by atoms with Crippen molar-refractivity contribution in [3.8, 4) is 0 Å². The second kappa shape index (κ2) is 9.00. The highest BCUT2D eigenvalue weighted by atomic mass is 32.2. The van der Waals surface area contributed by atoms with E-state index in [2.05, 4.69) is 5.32 Å². The molecular formula is C14H21NO2S. The van der Waals surface area contributed by atoms with Crippen LogP contribution in [0.25, 0.3) is 0 Å². The first-order valence-corrected chi connectivity index (χ1v) is 7.38. The summed E-state index contributed by atoms with van der Waals surface area (Å²) in [5, 5.41) is 11.5. The lowest BCUT2D eigenvalue weighted by atomic mass is 10.1. The summed E-state index contributed by atoms with van der Waals surface area (Å²) >= 11 is 1.75. The van der Waals surface area contributed by atoms with E-state index in [1.54, 1.807) is 11.8 Å². The van der Waals surface area contributed by atoms with E-state index in [1.807, 2.05) is 31.2 Å². The van der Waals surface area contributed by atoms with Crippen molar-refractivity contribution in [1.29, 1.82) is 0 Å². The standard InChI is InChI=1S/C14H21NO2S/c1-12-3-5-13(6-4-12)11-14(17)15-7-10-18-9-2-8-16/h3-6,16H,2,7-11H2,1H3,(H,15,17). The summed E-state index contributed by atoms with van der Waals surface area (Å²) in [4.78, 5) is 11.6. The van der Waals surface area contributed by atoms with Crippen molar-refractivity contribution < 1.29 is 9.90 Å². The quantitative estimate of drug-likeness (QED) is 0.706.